The van der Waals surface area contributed by atoms with Gasteiger partial charge in [0.25, 0.3) is 0 Å². The summed E-state index contributed by atoms with van der Waals surface area (Å²) in [5, 5.41) is 7.27. The van der Waals surface area contributed by atoms with Crippen molar-refractivity contribution < 1.29 is 19.1 Å². The van der Waals surface area contributed by atoms with Crippen LogP contribution in [0.5, 0.6) is 11.5 Å². The second-order valence-corrected chi connectivity index (χ2v) is 6.70. The Labute approximate surface area is 156 Å². The van der Waals surface area contributed by atoms with E-state index in [2.05, 4.69) is 25.9 Å². The van der Waals surface area contributed by atoms with Gasteiger partial charge in [0.2, 0.25) is 11.8 Å². The first-order valence-corrected chi connectivity index (χ1v) is 8.13. The fourth-order valence-electron chi connectivity index (χ4n) is 1.81. The molecular formula is C18H21N5O4. The van der Waals surface area contributed by atoms with Crippen LogP contribution in [0.4, 0.5) is 16.4 Å². The first-order valence-electron chi connectivity index (χ1n) is 8.13. The summed E-state index contributed by atoms with van der Waals surface area (Å²) >= 11 is 0. The maximum Gasteiger partial charge on any atom is 0.327 e. The number of carbonyl (C=O) groups is 3. The lowest BCUT2D eigenvalue weighted by molar-refractivity contribution is -0.127. The van der Waals surface area contributed by atoms with Gasteiger partial charge < -0.3 is 10.1 Å². The van der Waals surface area contributed by atoms with Crippen LogP contribution >= 0.6 is 0 Å². The Kier molecular flexibility index (Phi) is 6.07. The number of hydrogen-bond donors (Lipinski definition) is 3. The first-order chi connectivity index (χ1) is 12.6. The van der Waals surface area contributed by atoms with E-state index in [9.17, 15) is 14.4 Å². The zero-order valence-corrected chi connectivity index (χ0v) is 15.5. The molecule has 3 N–H and O–H groups in total. The fourth-order valence-corrected chi connectivity index (χ4v) is 1.81. The van der Waals surface area contributed by atoms with Gasteiger partial charge in [0, 0.05) is 24.6 Å². The minimum Gasteiger partial charge on any atom is -0.456 e. The Balaban J connectivity index is 1.96. The number of carbonyl (C=O) groups excluding carboxylic acids is 3. The summed E-state index contributed by atoms with van der Waals surface area (Å²) < 4.78 is 5.63. The van der Waals surface area contributed by atoms with Gasteiger partial charge in [-0.3, -0.25) is 20.2 Å². The van der Waals surface area contributed by atoms with Crippen molar-refractivity contribution in [2.24, 2.45) is 5.41 Å². The average molecular weight is 371 g/mol. The maximum absolute atomic E-state index is 11.8. The highest BCUT2D eigenvalue weighted by molar-refractivity contribution is 6.02. The Morgan fingerprint density at radius 2 is 1.70 bits per heavy atom. The van der Waals surface area contributed by atoms with Crippen LogP contribution in [0, 0.1) is 5.41 Å². The van der Waals surface area contributed by atoms with Crippen molar-refractivity contribution in [3.8, 4) is 11.5 Å². The lowest BCUT2D eigenvalue weighted by Gasteiger charge is -2.16. The van der Waals surface area contributed by atoms with Crippen molar-refractivity contribution >= 4 is 29.5 Å². The van der Waals surface area contributed by atoms with Gasteiger partial charge in [0.1, 0.15) is 23.1 Å². The Bertz CT molecular complexity index is 844. The van der Waals surface area contributed by atoms with E-state index in [1.165, 1.54) is 25.4 Å². The molecule has 142 valence electrons. The van der Waals surface area contributed by atoms with E-state index in [4.69, 9.17) is 4.74 Å². The molecule has 2 aromatic heterocycles. The average Bonchev–Trinajstić information content (AvgIpc) is 2.55. The molecule has 0 spiro atoms. The second kappa shape index (κ2) is 8.26. The molecule has 2 rings (SSSR count). The van der Waals surface area contributed by atoms with E-state index in [0.717, 1.165) is 0 Å². The molecule has 4 amide bonds. The number of nitrogens with one attached hydrogen (secondary N) is 3. The number of hydrogen-bond acceptors (Lipinski definition) is 6. The molecule has 9 heteroatoms. The Morgan fingerprint density at radius 1 is 0.963 bits per heavy atom. The standard InChI is InChI=1S/C18H21N5O4/c1-11(24)21-15-9-12(7-8-19-15)27-13-5-6-14(20-10-13)22-17(26)23-16(25)18(2,3)4/h5-10H,1-4H3,(H,19,21,24)(H2,20,22,23,25,26). The number of nitrogens with zero attached hydrogens (tertiary/aromatic N) is 2. The van der Waals surface area contributed by atoms with Crippen LogP contribution in [0.3, 0.4) is 0 Å². The summed E-state index contributed by atoms with van der Waals surface area (Å²) in [5.41, 5.74) is -0.677. The summed E-state index contributed by atoms with van der Waals surface area (Å²) in [7, 11) is 0. The number of urea groups is 1. The highest BCUT2D eigenvalue weighted by atomic mass is 16.5. The van der Waals surface area contributed by atoms with Gasteiger partial charge in [-0.05, 0) is 18.2 Å². The minimum atomic E-state index is -0.677. The summed E-state index contributed by atoms with van der Waals surface area (Å²) in [4.78, 5) is 42.7. The van der Waals surface area contributed by atoms with Crippen LogP contribution in [0.25, 0.3) is 0 Å². The van der Waals surface area contributed by atoms with Gasteiger partial charge in [-0.1, -0.05) is 20.8 Å². The van der Waals surface area contributed by atoms with Crippen molar-refractivity contribution in [2.75, 3.05) is 10.6 Å². The third-order valence-corrected chi connectivity index (χ3v) is 3.16. The summed E-state index contributed by atoms with van der Waals surface area (Å²) in [6.45, 7) is 6.50. The van der Waals surface area contributed by atoms with Crippen molar-refractivity contribution in [2.45, 2.75) is 27.7 Å². The van der Waals surface area contributed by atoms with Crippen molar-refractivity contribution in [3.63, 3.8) is 0 Å². The molecular weight excluding hydrogens is 350 g/mol. The first kappa shape index (κ1) is 19.8. The van der Waals surface area contributed by atoms with Crippen LogP contribution in [0.1, 0.15) is 27.7 Å². The molecule has 0 radical (unpaired) electrons. The molecule has 0 atom stereocenters. The smallest absolute Gasteiger partial charge is 0.327 e. The SMILES string of the molecule is CC(=O)Nc1cc(Oc2ccc(NC(=O)NC(=O)C(C)(C)C)nc2)ccn1. The largest absolute Gasteiger partial charge is 0.456 e. The van der Waals surface area contributed by atoms with Crippen LogP contribution in [-0.4, -0.2) is 27.8 Å². The van der Waals surface area contributed by atoms with E-state index < -0.39 is 17.4 Å². The molecule has 0 aliphatic heterocycles. The lowest BCUT2D eigenvalue weighted by atomic mass is 9.96. The van der Waals surface area contributed by atoms with E-state index in [1.54, 1.807) is 39.0 Å². The summed E-state index contributed by atoms with van der Waals surface area (Å²) in [6.07, 6.45) is 2.92. The molecule has 0 fully saturated rings. The van der Waals surface area contributed by atoms with E-state index in [1.807, 2.05) is 0 Å². The van der Waals surface area contributed by atoms with Gasteiger partial charge in [0.05, 0.1) is 6.20 Å². The van der Waals surface area contributed by atoms with Crippen LogP contribution in [0.15, 0.2) is 36.7 Å². The van der Waals surface area contributed by atoms with Crippen molar-refractivity contribution in [1.29, 1.82) is 0 Å². The summed E-state index contributed by atoms with van der Waals surface area (Å²) in [6, 6.07) is 5.67. The Morgan fingerprint density at radius 3 is 2.30 bits per heavy atom. The molecule has 2 heterocycles. The van der Waals surface area contributed by atoms with Gasteiger partial charge >= 0.3 is 6.03 Å². The van der Waals surface area contributed by atoms with Crippen LogP contribution in [0.2, 0.25) is 0 Å². The molecule has 27 heavy (non-hydrogen) atoms. The van der Waals surface area contributed by atoms with Crippen LogP contribution < -0.4 is 20.7 Å². The fraction of sp³-hybridized carbons (Fsp3) is 0.278. The van der Waals surface area contributed by atoms with Crippen molar-refractivity contribution in [1.82, 2.24) is 15.3 Å². The zero-order chi connectivity index (χ0) is 20.0. The van der Waals surface area contributed by atoms with Gasteiger partial charge in [0.15, 0.2) is 0 Å². The van der Waals surface area contributed by atoms with Gasteiger partial charge in [-0.15, -0.1) is 0 Å². The third-order valence-electron chi connectivity index (χ3n) is 3.16. The highest BCUT2D eigenvalue weighted by Crippen LogP contribution is 2.23. The molecule has 0 saturated heterocycles. The normalized spacial score (nSPS) is 10.7. The number of rotatable bonds is 4. The molecule has 9 nitrogen and oxygen atoms in total. The van der Waals surface area contributed by atoms with Gasteiger partial charge in [-0.25, -0.2) is 14.8 Å². The number of aromatic nitrogens is 2. The summed E-state index contributed by atoms with van der Waals surface area (Å²) in [5.74, 6) is 0.880. The number of imide groups is 1. The van der Waals surface area contributed by atoms with Crippen molar-refractivity contribution in [3.05, 3.63) is 36.7 Å². The van der Waals surface area contributed by atoms with E-state index in [-0.39, 0.29) is 11.7 Å². The number of ether oxygens (including phenoxy) is 1. The van der Waals surface area contributed by atoms with Gasteiger partial charge in [-0.2, -0.15) is 0 Å². The number of anilines is 2. The Hall–Kier alpha value is -3.49. The molecule has 0 bridgehead atoms. The lowest BCUT2D eigenvalue weighted by Crippen LogP contribution is -2.41. The second-order valence-electron chi connectivity index (χ2n) is 6.70. The highest BCUT2D eigenvalue weighted by Gasteiger charge is 2.23. The molecule has 0 saturated carbocycles. The molecule has 0 aliphatic carbocycles. The predicted molar refractivity (Wildman–Crippen MR) is 99.5 cm³/mol. The maximum atomic E-state index is 11.8. The topological polar surface area (TPSA) is 122 Å². The zero-order valence-electron chi connectivity index (χ0n) is 15.5. The number of amides is 4. The predicted octanol–water partition coefficient (Wildman–Crippen LogP) is 2.92. The molecule has 0 unspecified atom stereocenters. The molecule has 0 aromatic carbocycles. The quantitative estimate of drug-likeness (QED) is 0.759. The van der Waals surface area contributed by atoms with E-state index >= 15 is 0 Å². The third kappa shape index (κ3) is 6.38. The van der Waals surface area contributed by atoms with E-state index in [0.29, 0.717) is 17.3 Å². The molecule has 2 aromatic rings. The minimum absolute atomic E-state index is 0.236. The number of pyridine rings is 2. The molecule has 0 aliphatic rings. The monoisotopic (exact) mass is 371 g/mol. The van der Waals surface area contributed by atoms with Crippen LogP contribution in [-0.2, 0) is 9.59 Å².